The maximum Gasteiger partial charge on any atom is 0.364 e. The topological polar surface area (TPSA) is 60.1 Å². The minimum absolute atomic E-state index is 0.0402. The van der Waals surface area contributed by atoms with Crippen LogP contribution in [0.3, 0.4) is 0 Å². The van der Waals surface area contributed by atoms with Crippen LogP contribution in [0.15, 0.2) is 48.9 Å². The number of carbonyl (C=O) groups excluding carboxylic acids is 2. The molecule has 0 saturated carbocycles. The Kier molecular flexibility index (Phi) is 4.95. The molecule has 6 heteroatoms. The highest BCUT2D eigenvalue weighted by atomic mass is 79.9. The minimum atomic E-state index is -0.539. The number of rotatable bonds is 5. The molecule has 0 aliphatic heterocycles. The summed E-state index contributed by atoms with van der Waals surface area (Å²) < 4.78 is 6.39. The zero-order valence-corrected chi connectivity index (χ0v) is 12.1. The quantitative estimate of drug-likeness (QED) is 0.361. The van der Waals surface area contributed by atoms with Gasteiger partial charge in [-0.25, -0.2) is 9.78 Å². The maximum atomic E-state index is 12.1. The second kappa shape index (κ2) is 6.91. The predicted molar refractivity (Wildman–Crippen MR) is 74.4 cm³/mol. The van der Waals surface area contributed by atoms with Crippen LogP contribution >= 0.6 is 15.9 Å². The second-order valence-corrected chi connectivity index (χ2v) is 4.40. The van der Waals surface area contributed by atoms with Gasteiger partial charge in [-0.1, -0.05) is 30.3 Å². The van der Waals surface area contributed by atoms with Crippen LogP contribution < -0.4 is 4.57 Å². The van der Waals surface area contributed by atoms with Crippen molar-refractivity contribution in [1.82, 2.24) is 4.98 Å². The van der Waals surface area contributed by atoms with Gasteiger partial charge in [0.25, 0.3) is 0 Å². The highest BCUT2D eigenvalue weighted by Gasteiger charge is 2.16. The third-order valence-electron chi connectivity index (χ3n) is 2.58. The van der Waals surface area contributed by atoms with Crippen molar-refractivity contribution in [1.29, 1.82) is 0 Å². The summed E-state index contributed by atoms with van der Waals surface area (Å²) in [6.07, 6.45) is 4.58. The minimum Gasteiger partial charge on any atom is -0.449 e. The first-order chi connectivity index (χ1) is 9.70. The summed E-state index contributed by atoms with van der Waals surface area (Å²) in [4.78, 5) is 27.5. The fourth-order valence-corrected chi connectivity index (χ4v) is 1.85. The zero-order chi connectivity index (χ0) is 14.4. The number of esters is 1. The highest BCUT2D eigenvalue weighted by molar-refractivity contribution is 9.09. The number of halogens is 1. The number of carbonyl (C=O) groups is 2. The molecule has 0 atom stereocenters. The summed E-state index contributed by atoms with van der Waals surface area (Å²) in [7, 11) is 0. The monoisotopic (exact) mass is 335 g/mol. The van der Waals surface area contributed by atoms with Gasteiger partial charge in [-0.15, -0.1) is 0 Å². The van der Waals surface area contributed by atoms with E-state index in [4.69, 9.17) is 4.74 Å². The maximum absolute atomic E-state index is 12.1. The van der Waals surface area contributed by atoms with E-state index in [0.717, 1.165) is 0 Å². The molecule has 0 aliphatic carbocycles. The lowest BCUT2D eigenvalue weighted by Gasteiger charge is -2.00. The summed E-state index contributed by atoms with van der Waals surface area (Å²) in [5, 5.41) is 0. The van der Waals surface area contributed by atoms with Crippen LogP contribution in [0.5, 0.6) is 0 Å². The number of ketones is 1. The Balaban J connectivity index is 2.12. The van der Waals surface area contributed by atoms with E-state index < -0.39 is 5.97 Å². The lowest BCUT2D eigenvalue weighted by atomic mass is 10.1. The number of hydrogen-bond donors (Lipinski definition) is 0. The molecule has 1 aromatic heterocycles. The fourth-order valence-electron chi connectivity index (χ4n) is 1.64. The molecule has 0 aliphatic rings. The molecule has 1 heterocycles. The number of Topliss-reactive ketones (excluding diaryl/α,β-unsaturated/α-hetero) is 1. The molecule has 0 bridgehead atoms. The summed E-state index contributed by atoms with van der Waals surface area (Å²) in [5.74, 6) is -0.579. The van der Waals surface area contributed by atoms with Crippen molar-refractivity contribution in [3.05, 3.63) is 60.2 Å². The van der Waals surface area contributed by atoms with Gasteiger partial charge >= 0.3 is 5.97 Å². The molecule has 0 spiro atoms. The summed E-state index contributed by atoms with van der Waals surface area (Å²) in [6.45, 7) is 0.140. The molecular weight excluding hydrogens is 324 g/mol. The Morgan fingerprint density at radius 2 is 2.00 bits per heavy atom. The van der Waals surface area contributed by atoms with E-state index in [1.165, 1.54) is 12.4 Å². The van der Waals surface area contributed by atoms with E-state index >= 15 is 0 Å². The Labute approximate surface area is 124 Å². The van der Waals surface area contributed by atoms with Crippen molar-refractivity contribution in [3.8, 4) is 0 Å². The van der Waals surface area contributed by atoms with E-state index in [9.17, 15) is 9.59 Å². The normalized spacial score (nSPS) is 10.1. The predicted octanol–water partition coefficient (Wildman–Crippen LogP) is 1.76. The van der Waals surface area contributed by atoms with Crippen LogP contribution in [0.2, 0.25) is 0 Å². The summed E-state index contributed by atoms with van der Waals surface area (Å²) in [6, 6.07) is 8.98. The number of aromatic nitrogens is 2. The molecule has 102 valence electrons. The highest BCUT2D eigenvalue weighted by Crippen LogP contribution is 2.00. The van der Waals surface area contributed by atoms with Crippen LogP contribution in [0, 0.1) is 0 Å². The SMILES string of the molecule is O=C(C[n+]1ccnc(C(=O)OCBr)c1)c1ccccc1. The van der Waals surface area contributed by atoms with Gasteiger partial charge in [-0.2, -0.15) is 4.57 Å². The molecule has 0 saturated heterocycles. The standard InChI is InChI=1S/C14H12BrN2O3/c15-10-20-14(19)12-8-17(7-6-16-12)9-13(18)11-4-2-1-3-5-11/h1-8H,9-10H2/q+1. The number of ether oxygens (including phenoxy) is 1. The molecule has 0 fully saturated rings. The Bertz CT molecular complexity index is 617. The van der Waals surface area contributed by atoms with E-state index in [1.54, 1.807) is 22.9 Å². The Morgan fingerprint density at radius 1 is 1.25 bits per heavy atom. The first kappa shape index (κ1) is 14.3. The van der Waals surface area contributed by atoms with Gasteiger partial charge in [-0.05, 0) is 15.9 Å². The third kappa shape index (κ3) is 3.71. The van der Waals surface area contributed by atoms with Crippen LogP contribution in [0.25, 0.3) is 0 Å². The first-order valence-electron chi connectivity index (χ1n) is 5.87. The van der Waals surface area contributed by atoms with E-state index in [0.29, 0.717) is 5.56 Å². The molecule has 0 amide bonds. The third-order valence-corrected chi connectivity index (χ3v) is 2.81. The van der Waals surface area contributed by atoms with E-state index in [1.807, 2.05) is 18.2 Å². The van der Waals surface area contributed by atoms with Crippen LogP contribution in [0.1, 0.15) is 20.8 Å². The van der Waals surface area contributed by atoms with Gasteiger partial charge in [0, 0.05) is 5.56 Å². The largest absolute Gasteiger partial charge is 0.449 e. The number of nitrogens with zero attached hydrogens (tertiary/aromatic N) is 2. The lowest BCUT2D eigenvalue weighted by Crippen LogP contribution is -2.38. The zero-order valence-electron chi connectivity index (χ0n) is 10.5. The number of alkyl halides is 1. The van der Waals surface area contributed by atoms with Gasteiger partial charge in [0.15, 0.2) is 6.20 Å². The van der Waals surface area contributed by atoms with Crippen LogP contribution in [-0.2, 0) is 11.3 Å². The summed E-state index contributed by atoms with van der Waals surface area (Å²) >= 11 is 3.00. The van der Waals surface area contributed by atoms with Gasteiger partial charge in [0.1, 0.15) is 5.52 Å². The van der Waals surface area contributed by atoms with Crippen molar-refractivity contribution in [2.45, 2.75) is 6.54 Å². The van der Waals surface area contributed by atoms with Gasteiger partial charge in [0.2, 0.25) is 24.2 Å². The molecular formula is C14H12BrN2O3+. The van der Waals surface area contributed by atoms with Gasteiger partial charge < -0.3 is 4.74 Å². The van der Waals surface area contributed by atoms with Crippen molar-refractivity contribution in [2.24, 2.45) is 0 Å². The molecule has 2 aromatic rings. The average Bonchev–Trinajstić information content (AvgIpc) is 2.48. The molecule has 1 aromatic carbocycles. The van der Waals surface area contributed by atoms with Crippen LogP contribution in [0.4, 0.5) is 0 Å². The second-order valence-electron chi connectivity index (χ2n) is 3.94. The Hall–Kier alpha value is -2.08. The number of benzene rings is 1. The Morgan fingerprint density at radius 3 is 2.70 bits per heavy atom. The summed E-state index contributed by atoms with van der Waals surface area (Å²) in [5.41, 5.74) is 0.889. The smallest absolute Gasteiger partial charge is 0.364 e. The molecule has 0 radical (unpaired) electrons. The molecule has 5 nitrogen and oxygen atoms in total. The van der Waals surface area contributed by atoms with Crippen molar-refractivity contribution in [2.75, 3.05) is 5.52 Å². The van der Waals surface area contributed by atoms with E-state index in [2.05, 4.69) is 20.9 Å². The van der Waals surface area contributed by atoms with Crippen molar-refractivity contribution >= 4 is 27.7 Å². The lowest BCUT2D eigenvalue weighted by molar-refractivity contribution is -0.683. The molecule has 2 rings (SSSR count). The van der Waals surface area contributed by atoms with Gasteiger partial charge in [-0.3, -0.25) is 4.79 Å². The van der Waals surface area contributed by atoms with Gasteiger partial charge in [0.05, 0.1) is 6.20 Å². The fraction of sp³-hybridized carbons (Fsp3) is 0.143. The average molecular weight is 336 g/mol. The number of hydrogen-bond acceptors (Lipinski definition) is 4. The van der Waals surface area contributed by atoms with Crippen molar-refractivity contribution < 1.29 is 18.9 Å². The van der Waals surface area contributed by atoms with E-state index in [-0.39, 0.29) is 23.5 Å². The van der Waals surface area contributed by atoms with Crippen LogP contribution in [-0.4, -0.2) is 22.3 Å². The molecule has 0 unspecified atom stereocenters. The van der Waals surface area contributed by atoms with Crippen molar-refractivity contribution in [3.63, 3.8) is 0 Å². The molecule has 0 N–H and O–H groups in total. The first-order valence-corrected chi connectivity index (χ1v) is 6.99. The molecule has 20 heavy (non-hydrogen) atoms.